The third-order valence-electron chi connectivity index (χ3n) is 4.19. The third-order valence-corrected chi connectivity index (χ3v) is 4.19. The molecule has 1 aromatic heterocycles. The van der Waals surface area contributed by atoms with Crippen LogP contribution in [0.1, 0.15) is 45.2 Å². The van der Waals surface area contributed by atoms with E-state index in [9.17, 15) is 9.59 Å². The standard InChI is InChI=1S/C19H19N5O2/c1-2-9-21-19(26)17-23-16(15-8-3-4-10-24(15)17)18(25)22-14-7-5-6-13(11-14)12-20/h2,5-7,11H,1,3-4,8-10H2,(H,21,26)(H,22,25). The van der Waals surface area contributed by atoms with Gasteiger partial charge in [-0.1, -0.05) is 12.1 Å². The van der Waals surface area contributed by atoms with Crippen LogP contribution in [0.25, 0.3) is 0 Å². The molecule has 2 heterocycles. The van der Waals surface area contributed by atoms with Gasteiger partial charge in [0.15, 0.2) is 11.5 Å². The lowest BCUT2D eigenvalue weighted by molar-refractivity contribution is 0.0942. The molecule has 26 heavy (non-hydrogen) atoms. The SMILES string of the molecule is C=CCNC(=O)c1nc(C(=O)Nc2cccc(C#N)c2)c2n1CCCC2. The Labute approximate surface area is 151 Å². The molecule has 0 aliphatic carbocycles. The van der Waals surface area contributed by atoms with Crippen molar-refractivity contribution in [3.05, 3.63) is 59.7 Å². The summed E-state index contributed by atoms with van der Waals surface area (Å²) in [5.74, 6) is -0.454. The van der Waals surface area contributed by atoms with Gasteiger partial charge in [-0.25, -0.2) is 4.98 Å². The summed E-state index contributed by atoms with van der Waals surface area (Å²) in [7, 11) is 0. The van der Waals surface area contributed by atoms with Crippen molar-refractivity contribution in [2.75, 3.05) is 11.9 Å². The molecular formula is C19H19N5O2. The second-order valence-electron chi connectivity index (χ2n) is 5.98. The van der Waals surface area contributed by atoms with E-state index in [-0.39, 0.29) is 23.3 Å². The van der Waals surface area contributed by atoms with Gasteiger partial charge in [-0.05, 0) is 37.5 Å². The predicted molar refractivity (Wildman–Crippen MR) is 96.8 cm³/mol. The molecule has 0 spiro atoms. The van der Waals surface area contributed by atoms with Crippen molar-refractivity contribution in [1.82, 2.24) is 14.9 Å². The summed E-state index contributed by atoms with van der Waals surface area (Å²) in [5, 5.41) is 14.4. The summed E-state index contributed by atoms with van der Waals surface area (Å²) in [6.45, 7) is 4.58. The fourth-order valence-corrected chi connectivity index (χ4v) is 3.00. The molecule has 2 N–H and O–H groups in total. The first-order valence-corrected chi connectivity index (χ1v) is 8.44. The molecule has 0 saturated heterocycles. The van der Waals surface area contributed by atoms with Crippen LogP contribution < -0.4 is 10.6 Å². The Hall–Kier alpha value is -3.40. The number of fused-ring (bicyclic) bond motifs is 1. The smallest absolute Gasteiger partial charge is 0.287 e. The first-order valence-electron chi connectivity index (χ1n) is 8.44. The van der Waals surface area contributed by atoms with E-state index < -0.39 is 0 Å². The van der Waals surface area contributed by atoms with Crippen molar-refractivity contribution in [2.24, 2.45) is 0 Å². The third kappa shape index (κ3) is 3.49. The number of aromatic nitrogens is 2. The molecule has 2 aromatic rings. The van der Waals surface area contributed by atoms with E-state index in [1.54, 1.807) is 30.3 Å². The number of nitrogens with one attached hydrogen (secondary N) is 2. The highest BCUT2D eigenvalue weighted by Crippen LogP contribution is 2.22. The molecule has 2 amide bonds. The molecule has 1 aliphatic rings. The Balaban J connectivity index is 1.90. The van der Waals surface area contributed by atoms with Crippen molar-refractivity contribution in [1.29, 1.82) is 5.26 Å². The van der Waals surface area contributed by atoms with Gasteiger partial charge in [0.2, 0.25) is 0 Å². The van der Waals surface area contributed by atoms with Crippen LogP contribution in [0.2, 0.25) is 0 Å². The molecule has 0 unspecified atom stereocenters. The van der Waals surface area contributed by atoms with Crippen LogP contribution in [0, 0.1) is 11.3 Å². The molecule has 1 aromatic carbocycles. The van der Waals surface area contributed by atoms with Crippen LogP contribution in [-0.4, -0.2) is 27.9 Å². The molecule has 7 nitrogen and oxygen atoms in total. The molecule has 0 saturated carbocycles. The number of hydrogen-bond donors (Lipinski definition) is 2. The van der Waals surface area contributed by atoms with Crippen LogP contribution >= 0.6 is 0 Å². The number of carbonyl (C=O) groups is 2. The number of hydrogen-bond acceptors (Lipinski definition) is 4. The fourth-order valence-electron chi connectivity index (χ4n) is 3.00. The first kappa shape index (κ1) is 17.4. The number of benzene rings is 1. The maximum Gasteiger partial charge on any atom is 0.287 e. The first-order chi connectivity index (χ1) is 12.6. The minimum Gasteiger partial charge on any atom is -0.346 e. The zero-order valence-corrected chi connectivity index (χ0v) is 14.3. The number of amides is 2. The molecule has 1 aliphatic heterocycles. The molecule has 0 atom stereocenters. The summed E-state index contributed by atoms with van der Waals surface area (Å²) in [5.41, 5.74) is 2.01. The average Bonchev–Trinajstić information content (AvgIpc) is 3.06. The van der Waals surface area contributed by atoms with Crippen LogP contribution in [0.5, 0.6) is 0 Å². The summed E-state index contributed by atoms with van der Waals surface area (Å²) >= 11 is 0. The number of imidazole rings is 1. The van der Waals surface area contributed by atoms with E-state index in [0.29, 0.717) is 30.8 Å². The number of carbonyl (C=O) groups excluding carboxylic acids is 2. The second kappa shape index (κ2) is 7.66. The van der Waals surface area contributed by atoms with Crippen molar-refractivity contribution in [3.63, 3.8) is 0 Å². The monoisotopic (exact) mass is 349 g/mol. The number of rotatable bonds is 5. The van der Waals surface area contributed by atoms with Gasteiger partial charge in [-0.3, -0.25) is 9.59 Å². The van der Waals surface area contributed by atoms with Crippen molar-refractivity contribution < 1.29 is 9.59 Å². The van der Waals surface area contributed by atoms with E-state index >= 15 is 0 Å². The minimum absolute atomic E-state index is 0.248. The van der Waals surface area contributed by atoms with E-state index in [1.807, 2.05) is 10.6 Å². The molecule has 0 fully saturated rings. The van der Waals surface area contributed by atoms with Crippen LogP contribution in [0.4, 0.5) is 5.69 Å². The number of nitrogens with zero attached hydrogens (tertiary/aromatic N) is 3. The quantitative estimate of drug-likeness (QED) is 0.809. The van der Waals surface area contributed by atoms with Crippen LogP contribution in [0.15, 0.2) is 36.9 Å². The fraction of sp³-hybridized carbons (Fsp3) is 0.263. The van der Waals surface area contributed by atoms with Gasteiger partial charge in [0.05, 0.1) is 17.3 Å². The van der Waals surface area contributed by atoms with Gasteiger partial charge in [0, 0.05) is 18.8 Å². The van der Waals surface area contributed by atoms with Gasteiger partial charge in [-0.15, -0.1) is 6.58 Å². The lowest BCUT2D eigenvalue weighted by atomic mass is 10.1. The Morgan fingerprint density at radius 1 is 1.35 bits per heavy atom. The second-order valence-corrected chi connectivity index (χ2v) is 5.98. The zero-order chi connectivity index (χ0) is 18.5. The van der Waals surface area contributed by atoms with Crippen LogP contribution in [0.3, 0.4) is 0 Å². The van der Waals surface area contributed by atoms with Gasteiger partial charge < -0.3 is 15.2 Å². The van der Waals surface area contributed by atoms with E-state index in [4.69, 9.17) is 5.26 Å². The van der Waals surface area contributed by atoms with Crippen molar-refractivity contribution >= 4 is 17.5 Å². The maximum absolute atomic E-state index is 12.7. The molecule has 132 valence electrons. The van der Waals surface area contributed by atoms with Gasteiger partial charge in [0.1, 0.15) is 0 Å². The van der Waals surface area contributed by atoms with Gasteiger partial charge in [0.25, 0.3) is 11.8 Å². The lowest BCUT2D eigenvalue weighted by Crippen LogP contribution is -2.28. The highest BCUT2D eigenvalue weighted by atomic mass is 16.2. The van der Waals surface area contributed by atoms with E-state index in [1.165, 1.54) is 0 Å². The molecule has 3 rings (SSSR count). The number of anilines is 1. The predicted octanol–water partition coefficient (Wildman–Crippen LogP) is 2.26. The molecule has 7 heteroatoms. The molecule has 0 radical (unpaired) electrons. The highest BCUT2D eigenvalue weighted by molar-refractivity contribution is 6.05. The Morgan fingerprint density at radius 3 is 2.96 bits per heavy atom. The Bertz CT molecular complexity index is 907. The summed E-state index contributed by atoms with van der Waals surface area (Å²) in [4.78, 5) is 29.4. The Morgan fingerprint density at radius 2 is 2.19 bits per heavy atom. The molecule has 0 bridgehead atoms. The number of nitriles is 1. The zero-order valence-electron chi connectivity index (χ0n) is 14.3. The maximum atomic E-state index is 12.7. The van der Waals surface area contributed by atoms with Crippen molar-refractivity contribution in [2.45, 2.75) is 25.8 Å². The van der Waals surface area contributed by atoms with Crippen LogP contribution in [-0.2, 0) is 13.0 Å². The summed E-state index contributed by atoms with van der Waals surface area (Å²) in [6.07, 6.45) is 4.18. The highest BCUT2D eigenvalue weighted by Gasteiger charge is 2.27. The topological polar surface area (TPSA) is 99.8 Å². The van der Waals surface area contributed by atoms with Gasteiger partial charge in [-0.2, -0.15) is 5.26 Å². The van der Waals surface area contributed by atoms with E-state index in [0.717, 1.165) is 18.5 Å². The summed E-state index contributed by atoms with van der Waals surface area (Å²) < 4.78 is 1.82. The average molecular weight is 349 g/mol. The normalized spacial score (nSPS) is 12.6. The van der Waals surface area contributed by atoms with E-state index in [2.05, 4.69) is 22.2 Å². The minimum atomic E-state index is -0.381. The lowest BCUT2D eigenvalue weighted by Gasteiger charge is -2.17. The van der Waals surface area contributed by atoms with Gasteiger partial charge >= 0.3 is 0 Å². The summed E-state index contributed by atoms with van der Waals surface area (Å²) in [6, 6.07) is 8.70. The largest absolute Gasteiger partial charge is 0.346 e. The molecular weight excluding hydrogens is 330 g/mol. The Kier molecular flexibility index (Phi) is 5.13. The van der Waals surface area contributed by atoms with Crippen molar-refractivity contribution in [3.8, 4) is 6.07 Å².